The third-order valence-electron chi connectivity index (χ3n) is 7.50. The summed E-state index contributed by atoms with van der Waals surface area (Å²) in [6.45, 7) is 8.49. The fraction of sp³-hybridized carbons (Fsp3) is 0.462. The van der Waals surface area contributed by atoms with Crippen LogP contribution in [-0.4, -0.2) is 49.4 Å². The number of piperazine rings is 1. The normalized spacial score (nSPS) is 19.9. The van der Waals surface area contributed by atoms with Crippen molar-refractivity contribution in [3.8, 4) is 6.07 Å². The van der Waals surface area contributed by atoms with Gasteiger partial charge in [0.1, 0.15) is 17.6 Å². The molecule has 3 aromatic heterocycles. The van der Waals surface area contributed by atoms with Crippen LogP contribution >= 0.6 is 0 Å². The largest absolute Gasteiger partial charge is 0.443 e. The standard InChI is InChI=1S/C26H31N7O2/c1-5-19-14-33(22-12-25(34)30(4)23-15-31(10-9-27)29-26(22)23)20(6-2)13-32(19)17(3)18-7-8-21-24(11-18)35-16-28-21/h7-8,11-12,15-17,19-20H,5-6,10,13-14H2,1-4H3/t17-,19+,20-/m0/s1. The number of fused-ring (bicyclic) bond motifs is 2. The highest BCUT2D eigenvalue weighted by atomic mass is 16.3. The fourth-order valence-corrected chi connectivity index (χ4v) is 5.39. The number of anilines is 1. The molecule has 1 aromatic carbocycles. The molecule has 0 saturated carbocycles. The van der Waals surface area contributed by atoms with E-state index in [4.69, 9.17) is 9.68 Å². The molecule has 9 nitrogen and oxygen atoms in total. The number of hydrogen-bond donors (Lipinski definition) is 0. The SMILES string of the molecule is CC[C@H]1CN([C@@H](C)c2ccc3ncoc3c2)[C@H](CC)CN1c1cc(=O)n(C)c2cn(CC#N)nc12. The molecule has 0 N–H and O–H groups in total. The van der Waals surface area contributed by atoms with Gasteiger partial charge < -0.3 is 13.9 Å². The van der Waals surface area contributed by atoms with Crippen molar-refractivity contribution >= 4 is 27.8 Å². The lowest BCUT2D eigenvalue weighted by Gasteiger charge is -2.49. The van der Waals surface area contributed by atoms with Gasteiger partial charge in [0.2, 0.25) is 0 Å². The topological polar surface area (TPSA) is 96.1 Å². The van der Waals surface area contributed by atoms with Gasteiger partial charge in [0.05, 0.1) is 23.5 Å². The van der Waals surface area contributed by atoms with Gasteiger partial charge in [-0.05, 0) is 37.5 Å². The van der Waals surface area contributed by atoms with Crippen LogP contribution in [0.3, 0.4) is 0 Å². The molecule has 0 radical (unpaired) electrons. The first kappa shape index (κ1) is 23.1. The lowest BCUT2D eigenvalue weighted by Crippen LogP contribution is -2.58. The highest BCUT2D eigenvalue weighted by Gasteiger charge is 2.36. The van der Waals surface area contributed by atoms with Crippen molar-refractivity contribution in [2.75, 3.05) is 18.0 Å². The van der Waals surface area contributed by atoms with E-state index in [0.29, 0.717) is 6.04 Å². The first-order valence-electron chi connectivity index (χ1n) is 12.2. The molecule has 0 unspecified atom stereocenters. The second kappa shape index (κ2) is 9.19. The maximum Gasteiger partial charge on any atom is 0.252 e. The molecule has 1 fully saturated rings. The van der Waals surface area contributed by atoms with Crippen molar-refractivity contribution < 1.29 is 4.42 Å². The Labute approximate surface area is 204 Å². The van der Waals surface area contributed by atoms with E-state index in [1.54, 1.807) is 28.6 Å². The second-order valence-electron chi connectivity index (χ2n) is 9.37. The number of nitrogens with zero attached hydrogens (tertiary/aromatic N) is 7. The van der Waals surface area contributed by atoms with E-state index in [9.17, 15) is 4.79 Å². The smallest absolute Gasteiger partial charge is 0.252 e. The second-order valence-corrected chi connectivity index (χ2v) is 9.37. The predicted molar refractivity (Wildman–Crippen MR) is 135 cm³/mol. The fourth-order valence-electron chi connectivity index (χ4n) is 5.39. The molecule has 4 heterocycles. The molecule has 182 valence electrons. The Balaban J connectivity index is 1.51. The molecule has 1 aliphatic heterocycles. The number of oxazole rings is 1. The molecule has 1 saturated heterocycles. The van der Waals surface area contributed by atoms with Gasteiger partial charge in [0.15, 0.2) is 12.0 Å². The first-order valence-corrected chi connectivity index (χ1v) is 12.2. The van der Waals surface area contributed by atoms with Gasteiger partial charge in [-0.15, -0.1) is 0 Å². The van der Waals surface area contributed by atoms with E-state index in [1.807, 2.05) is 6.07 Å². The Bertz CT molecular complexity index is 1460. The predicted octanol–water partition coefficient (Wildman–Crippen LogP) is 3.84. The molecule has 0 spiro atoms. The van der Waals surface area contributed by atoms with Gasteiger partial charge in [0.25, 0.3) is 5.56 Å². The third-order valence-corrected chi connectivity index (χ3v) is 7.50. The van der Waals surface area contributed by atoms with Crippen molar-refractivity contribution in [3.63, 3.8) is 0 Å². The van der Waals surface area contributed by atoms with Crippen LogP contribution in [0.25, 0.3) is 22.1 Å². The summed E-state index contributed by atoms with van der Waals surface area (Å²) in [5, 5.41) is 13.8. The maximum atomic E-state index is 12.9. The van der Waals surface area contributed by atoms with Gasteiger partial charge in [-0.25, -0.2) is 4.98 Å². The molecule has 0 aliphatic carbocycles. The van der Waals surface area contributed by atoms with E-state index in [1.165, 1.54) is 12.0 Å². The molecular formula is C26H31N7O2. The van der Waals surface area contributed by atoms with E-state index < -0.39 is 0 Å². The third kappa shape index (κ3) is 3.98. The number of benzene rings is 1. The summed E-state index contributed by atoms with van der Waals surface area (Å²) in [6.07, 6.45) is 5.21. The average molecular weight is 474 g/mol. The maximum absolute atomic E-state index is 12.9. The average Bonchev–Trinajstić information content (AvgIpc) is 3.52. The zero-order chi connectivity index (χ0) is 24.7. The zero-order valence-electron chi connectivity index (χ0n) is 20.7. The number of hydrogen-bond acceptors (Lipinski definition) is 7. The summed E-state index contributed by atoms with van der Waals surface area (Å²) in [5.74, 6) is 0. The molecular weight excluding hydrogens is 442 g/mol. The summed E-state index contributed by atoms with van der Waals surface area (Å²) >= 11 is 0. The Hall–Kier alpha value is -3.64. The van der Waals surface area contributed by atoms with Crippen LogP contribution in [0.1, 0.15) is 45.2 Å². The number of aromatic nitrogens is 4. The molecule has 3 atom stereocenters. The van der Waals surface area contributed by atoms with Gasteiger partial charge >= 0.3 is 0 Å². The van der Waals surface area contributed by atoms with E-state index >= 15 is 0 Å². The van der Waals surface area contributed by atoms with Crippen LogP contribution in [0.2, 0.25) is 0 Å². The minimum atomic E-state index is -0.0666. The van der Waals surface area contributed by atoms with Crippen LogP contribution in [0.15, 0.2) is 46.1 Å². The van der Waals surface area contributed by atoms with Gasteiger partial charge in [-0.2, -0.15) is 10.4 Å². The lowest BCUT2D eigenvalue weighted by atomic mass is 9.96. The Kier molecular flexibility index (Phi) is 6.07. The lowest BCUT2D eigenvalue weighted by molar-refractivity contribution is 0.101. The van der Waals surface area contributed by atoms with Crippen LogP contribution in [0, 0.1) is 11.3 Å². The van der Waals surface area contributed by atoms with Crippen LogP contribution < -0.4 is 10.5 Å². The summed E-state index contributed by atoms with van der Waals surface area (Å²) in [5.41, 5.74) is 5.21. The summed E-state index contributed by atoms with van der Waals surface area (Å²) in [7, 11) is 1.75. The van der Waals surface area contributed by atoms with Crippen molar-refractivity contribution in [3.05, 3.63) is 52.8 Å². The molecule has 0 amide bonds. The Morgan fingerprint density at radius 3 is 2.74 bits per heavy atom. The summed E-state index contributed by atoms with van der Waals surface area (Å²) < 4.78 is 8.77. The Morgan fingerprint density at radius 1 is 1.20 bits per heavy atom. The van der Waals surface area contributed by atoms with Crippen LogP contribution in [-0.2, 0) is 13.6 Å². The highest BCUT2D eigenvalue weighted by Crippen LogP contribution is 2.35. The zero-order valence-corrected chi connectivity index (χ0v) is 20.7. The molecule has 1 aliphatic rings. The van der Waals surface area contributed by atoms with E-state index in [-0.39, 0.29) is 24.2 Å². The summed E-state index contributed by atoms with van der Waals surface area (Å²) in [4.78, 5) is 22.0. The van der Waals surface area contributed by atoms with Gasteiger partial charge in [-0.1, -0.05) is 19.9 Å². The number of pyridine rings is 1. The van der Waals surface area contributed by atoms with Crippen LogP contribution in [0.5, 0.6) is 0 Å². The Morgan fingerprint density at radius 2 is 2.00 bits per heavy atom. The monoisotopic (exact) mass is 473 g/mol. The van der Waals surface area contributed by atoms with Crippen molar-refractivity contribution in [2.24, 2.45) is 7.05 Å². The number of rotatable bonds is 6. The van der Waals surface area contributed by atoms with Gasteiger partial charge in [-0.3, -0.25) is 14.4 Å². The van der Waals surface area contributed by atoms with E-state index in [0.717, 1.165) is 53.8 Å². The molecule has 5 rings (SSSR count). The molecule has 0 bridgehead atoms. The molecule has 35 heavy (non-hydrogen) atoms. The highest BCUT2D eigenvalue weighted by molar-refractivity contribution is 5.88. The number of aryl methyl sites for hydroxylation is 1. The van der Waals surface area contributed by atoms with Crippen molar-refractivity contribution in [1.29, 1.82) is 5.26 Å². The number of nitriles is 1. The summed E-state index contributed by atoms with van der Waals surface area (Å²) in [6, 6.07) is 10.8. The first-order chi connectivity index (χ1) is 16.9. The van der Waals surface area contributed by atoms with E-state index in [2.05, 4.69) is 58.9 Å². The molecule has 9 heteroatoms. The van der Waals surface area contributed by atoms with Crippen molar-refractivity contribution in [1.82, 2.24) is 24.2 Å². The van der Waals surface area contributed by atoms with Gasteiger partial charge in [0, 0.05) is 44.3 Å². The quantitative estimate of drug-likeness (QED) is 0.420. The minimum Gasteiger partial charge on any atom is -0.443 e. The van der Waals surface area contributed by atoms with Crippen molar-refractivity contribution in [2.45, 2.75) is 58.3 Å². The minimum absolute atomic E-state index is 0.0666. The molecule has 4 aromatic rings. The van der Waals surface area contributed by atoms with Crippen LogP contribution in [0.4, 0.5) is 5.69 Å².